The first-order valence-corrected chi connectivity index (χ1v) is 14.8. The van der Waals surface area contributed by atoms with Crippen molar-refractivity contribution in [1.82, 2.24) is 19.4 Å². The highest BCUT2D eigenvalue weighted by molar-refractivity contribution is 5.95. The van der Waals surface area contributed by atoms with Crippen LogP contribution >= 0.6 is 0 Å². The molecule has 2 atom stereocenters. The average molecular weight is 528 g/mol. The molecule has 3 aliphatic heterocycles. The summed E-state index contributed by atoms with van der Waals surface area (Å²) in [6.45, 7) is 6.89. The Balaban J connectivity index is 1.10. The summed E-state index contributed by atoms with van der Waals surface area (Å²) in [6.07, 6.45) is 7.36. The van der Waals surface area contributed by atoms with Gasteiger partial charge in [0.1, 0.15) is 5.82 Å². The monoisotopic (exact) mass is 527 g/mol. The Bertz CT molecular complexity index is 1300. The second-order valence-electron chi connectivity index (χ2n) is 11.7. The van der Waals surface area contributed by atoms with Crippen LogP contribution in [-0.4, -0.2) is 69.4 Å². The zero-order chi connectivity index (χ0) is 26.9. The van der Waals surface area contributed by atoms with Gasteiger partial charge in [-0.05, 0) is 76.1 Å². The van der Waals surface area contributed by atoms with E-state index in [9.17, 15) is 9.59 Å². The van der Waals surface area contributed by atoms with Gasteiger partial charge in [0.05, 0.1) is 11.0 Å². The number of carbonyl (C=O) groups excluding carboxylic acids is 2. The van der Waals surface area contributed by atoms with E-state index >= 15 is 0 Å². The minimum absolute atomic E-state index is 0.0130. The van der Waals surface area contributed by atoms with E-state index in [0.717, 1.165) is 49.4 Å². The fourth-order valence-corrected chi connectivity index (χ4v) is 7.49. The Morgan fingerprint density at radius 2 is 1.56 bits per heavy atom. The molecule has 0 spiro atoms. The topological polar surface area (TPSA) is 61.7 Å². The third-order valence-corrected chi connectivity index (χ3v) is 9.42. The number of aryl methyl sites for hydroxylation is 1. The summed E-state index contributed by atoms with van der Waals surface area (Å²) in [4.78, 5) is 36.9. The number of para-hydroxylation sites is 3. The normalized spacial score (nSPS) is 23.8. The van der Waals surface area contributed by atoms with Crippen molar-refractivity contribution in [2.45, 2.75) is 76.9 Å². The summed E-state index contributed by atoms with van der Waals surface area (Å²) in [5.74, 6) is 1.44. The van der Waals surface area contributed by atoms with E-state index in [1.807, 2.05) is 28.0 Å². The molecule has 39 heavy (non-hydrogen) atoms. The minimum atomic E-state index is -0.0130. The van der Waals surface area contributed by atoms with E-state index in [1.54, 1.807) is 6.92 Å². The molecule has 7 heteroatoms. The van der Waals surface area contributed by atoms with Gasteiger partial charge in [-0.2, -0.15) is 0 Å². The molecule has 0 radical (unpaired) electrons. The molecule has 3 fully saturated rings. The molecule has 1 aromatic heterocycles. The van der Waals surface area contributed by atoms with Gasteiger partial charge >= 0.3 is 0 Å². The maximum Gasteiger partial charge on any atom is 0.230 e. The van der Waals surface area contributed by atoms with Crippen LogP contribution in [0.1, 0.15) is 63.7 Å². The summed E-state index contributed by atoms with van der Waals surface area (Å²) in [6, 6.07) is 20.4. The summed E-state index contributed by atoms with van der Waals surface area (Å²) >= 11 is 0. The molecule has 206 valence electrons. The van der Waals surface area contributed by atoms with Crippen molar-refractivity contribution in [2.24, 2.45) is 5.92 Å². The van der Waals surface area contributed by atoms with Crippen molar-refractivity contribution < 1.29 is 9.59 Å². The molecular weight excluding hydrogens is 486 g/mol. The van der Waals surface area contributed by atoms with Crippen molar-refractivity contribution in [1.29, 1.82) is 0 Å². The fourth-order valence-electron chi connectivity index (χ4n) is 7.49. The van der Waals surface area contributed by atoms with Gasteiger partial charge in [0.2, 0.25) is 11.8 Å². The highest BCUT2D eigenvalue weighted by atomic mass is 16.2. The number of likely N-dealkylation sites (tertiary alicyclic amines) is 1. The van der Waals surface area contributed by atoms with Crippen molar-refractivity contribution >= 4 is 28.5 Å². The number of aromatic nitrogens is 2. The first-order chi connectivity index (χ1) is 19.0. The molecule has 2 amide bonds. The molecule has 0 N–H and O–H groups in total. The molecule has 6 rings (SSSR count). The van der Waals surface area contributed by atoms with Crippen molar-refractivity contribution in [2.75, 3.05) is 31.1 Å². The van der Waals surface area contributed by atoms with Gasteiger partial charge in [-0.15, -0.1) is 0 Å². The first kappa shape index (κ1) is 26.1. The Labute approximate surface area is 231 Å². The lowest BCUT2D eigenvalue weighted by atomic mass is 9.94. The number of carbonyl (C=O) groups is 2. The van der Waals surface area contributed by atoms with Crippen molar-refractivity contribution in [3.8, 4) is 0 Å². The van der Waals surface area contributed by atoms with E-state index in [-0.39, 0.29) is 17.7 Å². The Morgan fingerprint density at radius 3 is 2.26 bits per heavy atom. The maximum atomic E-state index is 13.7. The van der Waals surface area contributed by atoms with E-state index in [1.165, 1.54) is 31.2 Å². The Morgan fingerprint density at radius 1 is 0.897 bits per heavy atom. The molecule has 3 aromatic rings. The zero-order valence-electron chi connectivity index (χ0n) is 23.3. The lowest BCUT2D eigenvalue weighted by molar-refractivity contribution is -0.133. The largest absolute Gasteiger partial charge is 0.343 e. The maximum absolute atomic E-state index is 13.7. The first-order valence-electron chi connectivity index (χ1n) is 14.8. The van der Waals surface area contributed by atoms with Crippen molar-refractivity contribution in [3.63, 3.8) is 0 Å². The van der Waals surface area contributed by atoms with Gasteiger partial charge in [0.15, 0.2) is 0 Å². The minimum Gasteiger partial charge on any atom is -0.343 e. The third kappa shape index (κ3) is 5.21. The summed E-state index contributed by atoms with van der Waals surface area (Å²) in [5, 5.41) is 0. The number of rotatable bonds is 7. The Hall–Kier alpha value is -3.19. The molecule has 4 heterocycles. The smallest absolute Gasteiger partial charge is 0.230 e. The van der Waals surface area contributed by atoms with Crippen LogP contribution in [0.5, 0.6) is 0 Å². The second kappa shape index (κ2) is 11.1. The summed E-state index contributed by atoms with van der Waals surface area (Å²) in [7, 11) is 0. The van der Waals surface area contributed by atoms with Crippen LogP contribution < -0.4 is 4.90 Å². The SMILES string of the molecule is CC(=O)N1CCC(C(=O)N(CCCN2C3CCC2CC(n2c(C)nc4ccccc42)C3)c2ccccc2)CC1. The number of anilines is 1. The van der Waals surface area contributed by atoms with E-state index in [4.69, 9.17) is 4.98 Å². The van der Waals surface area contributed by atoms with E-state index in [2.05, 4.69) is 52.8 Å². The average Bonchev–Trinajstić information content (AvgIpc) is 3.41. The van der Waals surface area contributed by atoms with Crippen LogP contribution in [0.15, 0.2) is 54.6 Å². The number of imidazole rings is 1. The number of hydrogen-bond donors (Lipinski definition) is 0. The molecule has 0 saturated carbocycles. The van der Waals surface area contributed by atoms with Crippen molar-refractivity contribution in [3.05, 3.63) is 60.4 Å². The van der Waals surface area contributed by atoms with E-state index < -0.39 is 0 Å². The van der Waals surface area contributed by atoms with Gasteiger partial charge < -0.3 is 14.4 Å². The van der Waals surface area contributed by atoms with Crippen LogP contribution in [-0.2, 0) is 9.59 Å². The highest BCUT2D eigenvalue weighted by Gasteiger charge is 2.41. The quantitative estimate of drug-likeness (QED) is 0.424. The lowest BCUT2D eigenvalue weighted by Crippen LogP contribution is -2.46. The number of nitrogens with zero attached hydrogens (tertiary/aromatic N) is 5. The van der Waals surface area contributed by atoms with Crippen LogP contribution in [0.2, 0.25) is 0 Å². The van der Waals surface area contributed by atoms with Crippen LogP contribution in [0.3, 0.4) is 0 Å². The molecule has 2 aromatic carbocycles. The predicted octanol–water partition coefficient (Wildman–Crippen LogP) is 5.19. The summed E-state index contributed by atoms with van der Waals surface area (Å²) in [5.41, 5.74) is 3.35. The third-order valence-electron chi connectivity index (χ3n) is 9.42. The number of benzene rings is 2. The molecule has 0 aliphatic carbocycles. The van der Waals surface area contributed by atoms with E-state index in [0.29, 0.717) is 31.2 Å². The molecule has 7 nitrogen and oxygen atoms in total. The van der Waals surface area contributed by atoms with Gasteiger partial charge in [-0.1, -0.05) is 30.3 Å². The highest BCUT2D eigenvalue weighted by Crippen LogP contribution is 2.42. The predicted molar refractivity (Wildman–Crippen MR) is 155 cm³/mol. The zero-order valence-corrected chi connectivity index (χ0v) is 23.3. The number of amides is 2. The van der Waals surface area contributed by atoms with Crippen LogP contribution in [0.4, 0.5) is 5.69 Å². The van der Waals surface area contributed by atoms with Gasteiger partial charge in [0, 0.05) is 62.8 Å². The fraction of sp³-hybridized carbons (Fsp3) is 0.531. The number of hydrogen-bond acceptors (Lipinski definition) is 4. The van der Waals surface area contributed by atoms with Gasteiger partial charge in [-0.25, -0.2) is 4.98 Å². The van der Waals surface area contributed by atoms with Crippen LogP contribution in [0.25, 0.3) is 11.0 Å². The standard InChI is InChI=1S/C32H41N5O2/c1-23-33-30-11-6-7-12-31(30)37(23)29-21-27-13-14-28(22-29)35(27)17-8-18-36(26-9-4-3-5-10-26)32(39)25-15-19-34(20-16-25)24(2)38/h3-7,9-12,25,27-29H,8,13-22H2,1-2H3. The lowest BCUT2D eigenvalue weighted by Gasteiger charge is -2.40. The Kier molecular flexibility index (Phi) is 7.43. The molecule has 2 unspecified atom stereocenters. The second-order valence-corrected chi connectivity index (χ2v) is 11.7. The molecular formula is C32H41N5O2. The van der Waals surface area contributed by atoms with Gasteiger partial charge in [0.25, 0.3) is 0 Å². The van der Waals surface area contributed by atoms with Gasteiger partial charge in [-0.3, -0.25) is 14.5 Å². The number of fused-ring (bicyclic) bond motifs is 3. The molecule has 2 bridgehead atoms. The molecule has 3 aliphatic rings. The van der Waals surface area contributed by atoms with Crippen LogP contribution in [0, 0.1) is 12.8 Å². The molecule has 3 saturated heterocycles. The number of piperidine rings is 2. The summed E-state index contributed by atoms with van der Waals surface area (Å²) < 4.78 is 2.49.